The molecule has 0 saturated heterocycles. The van der Waals surface area contributed by atoms with Crippen molar-refractivity contribution in [1.29, 1.82) is 0 Å². The molecule has 0 bridgehead atoms. The van der Waals surface area contributed by atoms with E-state index in [-0.39, 0.29) is 18.0 Å². The molecule has 1 saturated carbocycles. The van der Waals surface area contributed by atoms with Crippen molar-refractivity contribution in [3.05, 3.63) is 29.8 Å². The van der Waals surface area contributed by atoms with E-state index in [4.69, 9.17) is 4.74 Å². The highest BCUT2D eigenvalue weighted by molar-refractivity contribution is 5.94. The Hall–Kier alpha value is -2.04. The minimum Gasteiger partial charge on any atom is -0.462 e. The zero-order valence-electron chi connectivity index (χ0n) is 13.8. The molecule has 0 aliphatic heterocycles. The first kappa shape index (κ1) is 17.3. The number of carbonyl (C=O) groups is 2. The molecular weight excluding hydrogens is 292 g/mol. The SMILES string of the molecule is CCCCOC(=O)c1cccc(NC(=O)NC2CCCCC2)c1. The van der Waals surface area contributed by atoms with E-state index in [0.29, 0.717) is 17.9 Å². The standard InChI is InChI=1S/C18H26N2O3/c1-2-3-12-23-17(21)14-8-7-11-16(13-14)20-18(22)19-15-9-5-4-6-10-15/h7-8,11,13,15H,2-6,9-10,12H2,1H3,(H2,19,20,22). The van der Waals surface area contributed by atoms with Crippen LogP contribution in [0, 0.1) is 0 Å². The summed E-state index contributed by atoms with van der Waals surface area (Å²) < 4.78 is 5.18. The number of hydrogen-bond donors (Lipinski definition) is 2. The fourth-order valence-electron chi connectivity index (χ4n) is 2.72. The molecule has 2 amide bonds. The highest BCUT2D eigenvalue weighted by Gasteiger charge is 2.16. The lowest BCUT2D eigenvalue weighted by Crippen LogP contribution is -2.39. The molecular formula is C18H26N2O3. The van der Waals surface area contributed by atoms with E-state index in [2.05, 4.69) is 10.6 Å². The Morgan fingerprint density at radius 3 is 2.74 bits per heavy atom. The third kappa shape index (κ3) is 5.93. The van der Waals surface area contributed by atoms with Gasteiger partial charge in [-0.25, -0.2) is 9.59 Å². The maximum atomic E-state index is 12.0. The minimum absolute atomic E-state index is 0.214. The predicted octanol–water partition coefficient (Wildman–Crippen LogP) is 4.10. The summed E-state index contributed by atoms with van der Waals surface area (Å²) in [6, 6.07) is 6.89. The Morgan fingerprint density at radius 2 is 2.00 bits per heavy atom. The van der Waals surface area contributed by atoms with Crippen molar-refractivity contribution < 1.29 is 14.3 Å². The van der Waals surface area contributed by atoms with Crippen molar-refractivity contribution in [2.45, 2.75) is 57.9 Å². The van der Waals surface area contributed by atoms with E-state index >= 15 is 0 Å². The zero-order chi connectivity index (χ0) is 16.5. The second kappa shape index (κ2) is 9.18. The van der Waals surface area contributed by atoms with Crippen molar-refractivity contribution in [2.75, 3.05) is 11.9 Å². The molecule has 2 rings (SSSR count). The van der Waals surface area contributed by atoms with Gasteiger partial charge in [-0.2, -0.15) is 0 Å². The van der Waals surface area contributed by atoms with Crippen LogP contribution >= 0.6 is 0 Å². The molecule has 0 heterocycles. The molecule has 23 heavy (non-hydrogen) atoms. The molecule has 1 aromatic carbocycles. The topological polar surface area (TPSA) is 67.4 Å². The molecule has 1 fully saturated rings. The van der Waals surface area contributed by atoms with Gasteiger partial charge < -0.3 is 15.4 Å². The Kier molecular flexibility index (Phi) is 6.91. The maximum absolute atomic E-state index is 12.0. The number of anilines is 1. The van der Waals surface area contributed by atoms with Gasteiger partial charge in [0.15, 0.2) is 0 Å². The fraction of sp³-hybridized carbons (Fsp3) is 0.556. The number of amides is 2. The number of urea groups is 1. The van der Waals surface area contributed by atoms with Crippen LogP contribution in [-0.2, 0) is 4.74 Å². The average Bonchev–Trinajstić information content (AvgIpc) is 2.56. The van der Waals surface area contributed by atoms with E-state index in [1.54, 1.807) is 24.3 Å². The number of unbranched alkanes of at least 4 members (excludes halogenated alkanes) is 1. The summed E-state index contributed by atoms with van der Waals surface area (Å²) in [5.41, 5.74) is 1.06. The van der Waals surface area contributed by atoms with Crippen LogP contribution in [0.15, 0.2) is 24.3 Å². The molecule has 5 nitrogen and oxygen atoms in total. The van der Waals surface area contributed by atoms with Crippen LogP contribution in [-0.4, -0.2) is 24.6 Å². The van der Waals surface area contributed by atoms with Crippen molar-refractivity contribution in [3.8, 4) is 0 Å². The van der Waals surface area contributed by atoms with Crippen LogP contribution in [0.3, 0.4) is 0 Å². The largest absolute Gasteiger partial charge is 0.462 e. The normalized spacial score (nSPS) is 15.0. The predicted molar refractivity (Wildman–Crippen MR) is 90.7 cm³/mol. The Bertz CT molecular complexity index is 525. The fourth-order valence-corrected chi connectivity index (χ4v) is 2.72. The van der Waals surface area contributed by atoms with Crippen molar-refractivity contribution >= 4 is 17.7 Å². The monoisotopic (exact) mass is 318 g/mol. The molecule has 0 unspecified atom stereocenters. The van der Waals surface area contributed by atoms with E-state index in [0.717, 1.165) is 25.7 Å². The quantitative estimate of drug-likeness (QED) is 0.613. The second-order valence-electron chi connectivity index (χ2n) is 6.00. The second-order valence-corrected chi connectivity index (χ2v) is 6.00. The third-order valence-electron chi connectivity index (χ3n) is 4.03. The highest BCUT2D eigenvalue weighted by atomic mass is 16.5. The van der Waals surface area contributed by atoms with Gasteiger partial charge in [0.05, 0.1) is 12.2 Å². The Labute approximate surface area is 137 Å². The first-order valence-corrected chi connectivity index (χ1v) is 8.53. The van der Waals surface area contributed by atoms with Gasteiger partial charge in [-0.15, -0.1) is 0 Å². The molecule has 0 aromatic heterocycles. The van der Waals surface area contributed by atoms with Crippen molar-refractivity contribution in [1.82, 2.24) is 5.32 Å². The van der Waals surface area contributed by atoms with E-state index in [1.165, 1.54) is 19.3 Å². The number of esters is 1. The maximum Gasteiger partial charge on any atom is 0.338 e. The van der Waals surface area contributed by atoms with E-state index < -0.39 is 0 Å². The van der Waals surface area contributed by atoms with Crippen LogP contribution < -0.4 is 10.6 Å². The first-order chi connectivity index (χ1) is 11.2. The van der Waals surface area contributed by atoms with Gasteiger partial charge in [0.2, 0.25) is 0 Å². The molecule has 1 aliphatic carbocycles. The van der Waals surface area contributed by atoms with Crippen molar-refractivity contribution in [3.63, 3.8) is 0 Å². The van der Waals surface area contributed by atoms with E-state index in [1.807, 2.05) is 6.92 Å². The number of benzene rings is 1. The van der Waals surface area contributed by atoms with E-state index in [9.17, 15) is 9.59 Å². The molecule has 0 radical (unpaired) electrons. The molecule has 126 valence electrons. The zero-order valence-corrected chi connectivity index (χ0v) is 13.8. The van der Waals surface area contributed by atoms with Crippen LogP contribution in [0.2, 0.25) is 0 Å². The lowest BCUT2D eigenvalue weighted by Gasteiger charge is -2.22. The summed E-state index contributed by atoms with van der Waals surface area (Å²) in [6.07, 6.45) is 7.51. The van der Waals surface area contributed by atoms with Gasteiger partial charge in [0.25, 0.3) is 0 Å². The van der Waals surface area contributed by atoms with Crippen LogP contribution in [0.25, 0.3) is 0 Å². The molecule has 0 atom stereocenters. The summed E-state index contributed by atoms with van der Waals surface area (Å²) in [7, 11) is 0. The summed E-state index contributed by atoms with van der Waals surface area (Å²) in [4.78, 5) is 24.0. The number of ether oxygens (including phenoxy) is 1. The van der Waals surface area contributed by atoms with Gasteiger partial charge >= 0.3 is 12.0 Å². The minimum atomic E-state index is -0.352. The summed E-state index contributed by atoms with van der Waals surface area (Å²) in [5.74, 6) is -0.352. The Balaban J connectivity index is 1.86. The van der Waals surface area contributed by atoms with Gasteiger partial charge in [-0.3, -0.25) is 0 Å². The third-order valence-corrected chi connectivity index (χ3v) is 4.03. The van der Waals surface area contributed by atoms with Gasteiger partial charge in [-0.05, 0) is 37.5 Å². The molecule has 2 N–H and O–H groups in total. The smallest absolute Gasteiger partial charge is 0.338 e. The summed E-state index contributed by atoms with van der Waals surface area (Å²) in [5, 5.41) is 5.79. The summed E-state index contributed by atoms with van der Waals surface area (Å²) >= 11 is 0. The first-order valence-electron chi connectivity index (χ1n) is 8.53. The van der Waals surface area contributed by atoms with Crippen molar-refractivity contribution in [2.24, 2.45) is 0 Å². The van der Waals surface area contributed by atoms with Crippen LogP contribution in [0.1, 0.15) is 62.2 Å². The average molecular weight is 318 g/mol. The van der Waals surface area contributed by atoms with Gasteiger partial charge in [0.1, 0.15) is 0 Å². The number of rotatable bonds is 6. The Morgan fingerprint density at radius 1 is 1.22 bits per heavy atom. The highest BCUT2D eigenvalue weighted by Crippen LogP contribution is 2.18. The summed E-state index contributed by atoms with van der Waals surface area (Å²) in [6.45, 7) is 2.47. The number of nitrogens with one attached hydrogen (secondary N) is 2. The van der Waals surface area contributed by atoms with Crippen LogP contribution in [0.4, 0.5) is 10.5 Å². The van der Waals surface area contributed by atoms with Gasteiger partial charge in [0, 0.05) is 11.7 Å². The molecule has 1 aliphatic rings. The number of hydrogen-bond acceptors (Lipinski definition) is 3. The van der Waals surface area contributed by atoms with Gasteiger partial charge in [-0.1, -0.05) is 38.7 Å². The molecule has 0 spiro atoms. The lowest BCUT2D eigenvalue weighted by atomic mass is 9.96. The molecule has 5 heteroatoms. The molecule has 1 aromatic rings. The lowest BCUT2D eigenvalue weighted by molar-refractivity contribution is 0.0499. The van der Waals surface area contributed by atoms with Crippen LogP contribution in [0.5, 0.6) is 0 Å². The number of carbonyl (C=O) groups excluding carboxylic acids is 2.